The molecule has 2 heteroatoms. The standard InChI is InChI=1S/C12H17NO/c1-3-13-12(14)8-7-11-6-4-5-10(2)9-11/h4-6,9H,3,7-8H2,1-2H3,(H,13,14). The summed E-state index contributed by atoms with van der Waals surface area (Å²) in [6.07, 6.45) is 1.41. The molecule has 1 rings (SSSR count). The van der Waals surface area contributed by atoms with Crippen LogP contribution in [0.1, 0.15) is 24.5 Å². The van der Waals surface area contributed by atoms with Gasteiger partial charge in [-0.15, -0.1) is 0 Å². The quantitative estimate of drug-likeness (QED) is 0.775. The van der Waals surface area contributed by atoms with E-state index in [-0.39, 0.29) is 5.91 Å². The van der Waals surface area contributed by atoms with Crippen molar-refractivity contribution in [3.8, 4) is 0 Å². The fraction of sp³-hybridized carbons (Fsp3) is 0.417. The summed E-state index contributed by atoms with van der Waals surface area (Å²) in [5.74, 6) is 0.133. The summed E-state index contributed by atoms with van der Waals surface area (Å²) < 4.78 is 0. The van der Waals surface area contributed by atoms with E-state index >= 15 is 0 Å². The minimum absolute atomic E-state index is 0.133. The lowest BCUT2D eigenvalue weighted by molar-refractivity contribution is -0.120. The summed E-state index contributed by atoms with van der Waals surface area (Å²) in [5, 5.41) is 2.79. The number of amides is 1. The van der Waals surface area contributed by atoms with Gasteiger partial charge in [-0.2, -0.15) is 0 Å². The number of hydrogen-bond acceptors (Lipinski definition) is 1. The first-order chi connectivity index (χ1) is 6.72. The number of nitrogens with one attached hydrogen (secondary N) is 1. The van der Waals surface area contributed by atoms with Gasteiger partial charge in [0.05, 0.1) is 0 Å². The summed E-state index contributed by atoms with van der Waals surface area (Å²) >= 11 is 0. The molecule has 0 radical (unpaired) electrons. The van der Waals surface area contributed by atoms with Crippen LogP contribution in [0.2, 0.25) is 0 Å². The van der Waals surface area contributed by atoms with E-state index in [0.29, 0.717) is 13.0 Å². The summed E-state index contributed by atoms with van der Waals surface area (Å²) in [4.78, 5) is 11.2. The smallest absolute Gasteiger partial charge is 0.220 e. The van der Waals surface area contributed by atoms with Crippen molar-refractivity contribution in [1.29, 1.82) is 0 Å². The van der Waals surface area contributed by atoms with Crippen LogP contribution < -0.4 is 5.32 Å². The molecule has 0 fully saturated rings. The Bertz CT molecular complexity index is 307. The Morgan fingerprint density at radius 2 is 2.21 bits per heavy atom. The fourth-order valence-corrected chi connectivity index (χ4v) is 1.41. The van der Waals surface area contributed by atoms with Crippen LogP contribution in [0.25, 0.3) is 0 Å². The lowest BCUT2D eigenvalue weighted by Crippen LogP contribution is -2.22. The Balaban J connectivity index is 2.41. The van der Waals surface area contributed by atoms with E-state index in [0.717, 1.165) is 6.42 Å². The second-order valence-electron chi connectivity index (χ2n) is 3.44. The second-order valence-corrected chi connectivity index (χ2v) is 3.44. The van der Waals surface area contributed by atoms with Crippen LogP contribution in [0.5, 0.6) is 0 Å². The average Bonchev–Trinajstić information content (AvgIpc) is 2.15. The normalized spacial score (nSPS) is 9.86. The van der Waals surface area contributed by atoms with Crippen molar-refractivity contribution in [3.63, 3.8) is 0 Å². The Hall–Kier alpha value is -1.31. The van der Waals surface area contributed by atoms with Crippen LogP contribution >= 0.6 is 0 Å². The maximum Gasteiger partial charge on any atom is 0.220 e. The van der Waals surface area contributed by atoms with Gasteiger partial charge in [-0.05, 0) is 25.8 Å². The van der Waals surface area contributed by atoms with Crippen molar-refractivity contribution < 1.29 is 4.79 Å². The molecule has 1 aromatic carbocycles. The molecule has 0 bridgehead atoms. The molecule has 1 aromatic rings. The summed E-state index contributed by atoms with van der Waals surface area (Å²) in [6, 6.07) is 8.28. The molecular weight excluding hydrogens is 174 g/mol. The van der Waals surface area contributed by atoms with Crippen LogP contribution in [0.15, 0.2) is 24.3 Å². The molecule has 1 N–H and O–H groups in total. The van der Waals surface area contributed by atoms with Crippen LogP contribution in [-0.2, 0) is 11.2 Å². The molecule has 0 aromatic heterocycles. The largest absolute Gasteiger partial charge is 0.356 e. The minimum atomic E-state index is 0.133. The molecule has 0 unspecified atom stereocenters. The van der Waals surface area contributed by atoms with E-state index in [2.05, 4.69) is 30.4 Å². The summed E-state index contributed by atoms with van der Waals surface area (Å²) in [5.41, 5.74) is 2.48. The number of carbonyl (C=O) groups is 1. The molecule has 0 spiro atoms. The fourth-order valence-electron chi connectivity index (χ4n) is 1.41. The Kier molecular flexibility index (Phi) is 4.17. The van der Waals surface area contributed by atoms with Gasteiger partial charge in [0.2, 0.25) is 5.91 Å². The van der Waals surface area contributed by atoms with E-state index < -0.39 is 0 Å². The lowest BCUT2D eigenvalue weighted by atomic mass is 10.1. The van der Waals surface area contributed by atoms with Crippen molar-refractivity contribution >= 4 is 5.91 Å². The molecule has 14 heavy (non-hydrogen) atoms. The van der Waals surface area contributed by atoms with Gasteiger partial charge >= 0.3 is 0 Å². The van der Waals surface area contributed by atoms with Crippen molar-refractivity contribution in [2.75, 3.05) is 6.54 Å². The minimum Gasteiger partial charge on any atom is -0.356 e. The molecular formula is C12H17NO. The maximum atomic E-state index is 11.2. The zero-order valence-corrected chi connectivity index (χ0v) is 8.84. The number of aryl methyl sites for hydroxylation is 2. The number of rotatable bonds is 4. The predicted octanol–water partition coefficient (Wildman–Crippen LogP) is 2.06. The topological polar surface area (TPSA) is 29.1 Å². The first-order valence-corrected chi connectivity index (χ1v) is 5.04. The van der Waals surface area contributed by atoms with Gasteiger partial charge in [0.25, 0.3) is 0 Å². The van der Waals surface area contributed by atoms with Crippen LogP contribution in [0.4, 0.5) is 0 Å². The van der Waals surface area contributed by atoms with Gasteiger partial charge in [0.1, 0.15) is 0 Å². The Labute approximate surface area is 85.3 Å². The molecule has 0 atom stereocenters. The number of hydrogen-bond donors (Lipinski definition) is 1. The second kappa shape index (κ2) is 5.43. The first kappa shape index (κ1) is 10.8. The maximum absolute atomic E-state index is 11.2. The molecule has 0 saturated carbocycles. The van der Waals surface area contributed by atoms with Gasteiger partial charge in [0, 0.05) is 13.0 Å². The third kappa shape index (κ3) is 3.60. The van der Waals surface area contributed by atoms with Crippen molar-refractivity contribution in [1.82, 2.24) is 5.32 Å². The van der Waals surface area contributed by atoms with Crippen LogP contribution in [0.3, 0.4) is 0 Å². The zero-order chi connectivity index (χ0) is 10.4. The molecule has 0 aliphatic rings. The molecule has 0 heterocycles. The highest BCUT2D eigenvalue weighted by molar-refractivity contribution is 5.76. The predicted molar refractivity (Wildman–Crippen MR) is 58.2 cm³/mol. The van der Waals surface area contributed by atoms with Gasteiger partial charge in [-0.1, -0.05) is 29.8 Å². The summed E-state index contributed by atoms with van der Waals surface area (Å²) in [6.45, 7) is 4.72. The summed E-state index contributed by atoms with van der Waals surface area (Å²) in [7, 11) is 0. The van der Waals surface area contributed by atoms with Crippen molar-refractivity contribution in [3.05, 3.63) is 35.4 Å². The Morgan fingerprint density at radius 1 is 1.43 bits per heavy atom. The van der Waals surface area contributed by atoms with E-state index in [1.54, 1.807) is 0 Å². The van der Waals surface area contributed by atoms with Crippen LogP contribution in [-0.4, -0.2) is 12.5 Å². The molecule has 1 amide bonds. The monoisotopic (exact) mass is 191 g/mol. The number of carbonyl (C=O) groups excluding carboxylic acids is 1. The van der Waals surface area contributed by atoms with Gasteiger partial charge in [-0.3, -0.25) is 4.79 Å². The molecule has 0 aliphatic carbocycles. The lowest BCUT2D eigenvalue weighted by Gasteiger charge is -2.03. The first-order valence-electron chi connectivity index (χ1n) is 5.04. The van der Waals surface area contributed by atoms with Crippen molar-refractivity contribution in [2.24, 2.45) is 0 Å². The average molecular weight is 191 g/mol. The number of benzene rings is 1. The highest BCUT2D eigenvalue weighted by Crippen LogP contribution is 2.06. The van der Waals surface area contributed by atoms with Gasteiger partial charge in [0.15, 0.2) is 0 Å². The zero-order valence-electron chi connectivity index (χ0n) is 8.84. The van der Waals surface area contributed by atoms with E-state index in [9.17, 15) is 4.79 Å². The van der Waals surface area contributed by atoms with E-state index in [1.807, 2.05) is 13.0 Å². The van der Waals surface area contributed by atoms with Crippen LogP contribution in [0, 0.1) is 6.92 Å². The molecule has 0 saturated heterocycles. The molecule has 0 aliphatic heterocycles. The van der Waals surface area contributed by atoms with Crippen molar-refractivity contribution in [2.45, 2.75) is 26.7 Å². The highest BCUT2D eigenvalue weighted by atomic mass is 16.1. The van der Waals surface area contributed by atoms with Gasteiger partial charge in [-0.25, -0.2) is 0 Å². The molecule has 76 valence electrons. The SMILES string of the molecule is CCNC(=O)CCc1cccc(C)c1. The molecule has 2 nitrogen and oxygen atoms in total. The third-order valence-corrected chi connectivity index (χ3v) is 2.10. The Morgan fingerprint density at radius 3 is 2.86 bits per heavy atom. The highest BCUT2D eigenvalue weighted by Gasteiger charge is 2.00. The van der Waals surface area contributed by atoms with Gasteiger partial charge < -0.3 is 5.32 Å². The third-order valence-electron chi connectivity index (χ3n) is 2.10. The van der Waals surface area contributed by atoms with E-state index in [1.165, 1.54) is 11.1 Å². The van der Waals surface area contributed by atoms with E-state index in [4.69, 9.17) is 0 Å².